The Morgan fingerprint density at radius 3 is 2.34 bits per heavy atom. The van der Waals surface area contributed by atoms with Gasteiger partial charge in [-0.3, -0.25) is 4.79 Å². The SMILES string of the molecule is O=C1c2ccccc2C(Nc2ccccc2C(F)(F)F)N1Cc1ccccc1Cl. The molecule has 1 N–H and O–H groups in total. The van der Waals surface area contributed by atoms with Crippen LogP contribution in [0.2, 0.25) is 5.02 Å². The highest BCUT2D eigenvalue weighted by atomic mass is 35.5. The van der Waals surface area contributed by atoms with E-state index in [1.165, 1.54) is 23.1 Å². The van der Waals surface area contributed by atoms with Crippen molar-refractivity contribution >= 4 is 23.2 Å². The summed E-state index contributed by atoms with van der Waals surface area (Å²) in [5.41, 5.74) is 0.933. The number of alkyl halides is 3. The zero-order valence-corrected chi connectivity index (χ0v) is 15.8. The van der Waals surface area contributed by atoms with E-state index >= 15 is 0 Å². The van der Waals surface area contributed by atoms with Crippen molar-refractivity contribution in [2.45, 2.75) is 18.9 Å². The molecule has 0 bridgehead atoms. The fraction of sp³-hybridized carbons (Fsp3) is 0.136. The lowest BCUT2D eigenvalue weighted by atomic mass is 10.1. The number of benzene rings is 3. The third-order valence-corrected chi connectivity index (χ3v) is 5.25. The molecule has 29 heavy (non-hydrogen) atoms. The van der Waals surface area contributed by atoms with Gasteiger partial charge < -0.3 is 10.2 Å². The molecule has 0 radical (unpaired) electrons. The van der Waals surface area contributed by atoms with E-state index in [1.54, 1.807) is 48.5 Å². The number of anilines is 1. The first kappa shape index (κ1) is 19.3. The lowest BCUT2D eigenvalue weighted by molar-refractivity contribution is -0.137. The van der Waals surface area contributed by atoms with Gasteiger partial charge in [0.15, 0.2) is 0 Å². The van der Waals surface area contributed by atoms with E-state index in [9.17, 15) is 18.0 Å². The van der Waals surface area contributed by atoms with Gasteiger partial charge in [0.2, 0.25) is 0 Å². The van der Waals surface area contributed by atoms with E-state index in [2.05, 4.69) is 5.32 Å². The third-order valence-electron chi connectivity index (χ3n) is 4.88. The highest BCUT2D eigenvalue weighted by Crippen LogP contribution is 2.40. The van der Waals surface area contributed by atoms with Crippen LogP contribution < -0.4 is 5.32 Å². The van der Waals surface area contributed by atoms with Crippen molar-refractivity contribution in [2.24, 2.45) is 0 Å². The highest BCUT2D eigenvalue weighted by molar-refractivity contribution is 6.31. The van der Waals surface area contributed by atoms with Crippen LogP contribution >= 0.6 is 11.6 Å². The molecule has 1 aliphatic rings. The van der Waals surface area contributed by atoms with Gasteiger partial charge in [-0.2, -0.15) is 13.2 Å². The van der Waals surface area contributed by atoms with Crippen LogP contribution in [-0.4, -0.2) is 10.8 Å². The molecule has 1 atom stereocenters. The number of nitrogens with one attached hydrogen (secondary N) is 1. The number of hydrogen-bond donors (Lipinski definition) is 1. The van der Waals surface area contributed by atoms with Crippen LogP contribution in [0.1, 0.15) is 33.2 Å². The second kappa shape index (κ2) is 7.44. The van der Waals surface area contributed by atoms with Crippen molar-refractivity contribution < 1.29 is 18.0 Å². The Hall–Kier alpha value is -2.99. The topological polar surface area (TPSA) is 32.3 Å². The molecule has 0 fully saturated rings. The highest BCUT2D eigenvalue weighted by Gasteiger charge is 2.39. The number of para-hydroxylation sites is 1. The molecular formula is C22H16ClF3N2O. The molecule has 3 aromatic carbocycles. The molecule has 0 spiro atoms. The van der Waals surface area contributed by atoms with Gasteiger partial charge in [0, 0.05) is 28.4 Å². The molecule has 1 heterocycles. The van der Waals surface area contributed by atoms with Crippen molar-refractivity contribution in [1.29, 1.82) is 0 Å². The van der Waals surface area contributed by atoms with Gasteiger partial charge in [0.25, 0.3) is 5.91 Å². The summed E-state index contributed by atoms with van der Waals surface area (Å²) in [5, 5.41) is 3.43. The van der Waals surface area contributed by atoms with Crippen molar-refractivity contribution in [3.63, 3.8) is 0 Å². The van der Waals surface area contributed by atoms with Gasteiger partial charge in [0.05, 0.1) is 5.56 Å². The summed E-state index contributed by atoms with van der Waals surface area (Å²) >= 11 is 6.25. The summed E-state index contributed by atoms with van der Waals surface area (Å²) in [6.07, 6.45) is -5.27. The predicted octanol–water partition coefficient (Wildman–Crippen LogP) is 6.13. The van der Waals surface area contributed by atoms with Crippen LogP contribution in [0.15, 0.2) is 72.8 Å². The number of halogens is 4. The molecule has 1 amide bonds. The lowest BCUT2D eigenvalue weighted by Crippen LogP contribution is -2.32. The maximum Gasteiger partial charge on any atom is 0.418 e. The maximum absolute atomic E-state index is 13.5. The molecule has 1 unspecified atom stereocenters. The molecule has 7 heteroatoms. The third kappa shape index (κ3) is 3.68. The Labute approximate surface area is 170 Å². The molecule has 148 valence electrons. The Kier molecular flexibility index (Phi) is 4.96. The second-order valence-electron chi connectivity index (χ2n) is 6.70. The number of carbonyl (C=O) groups excluding carboxylic acids is 1. The normalized spacial score (nSPS) is 16.1. The van der Waals surface area contributed by atoms with Crippen LogP contribution in [0.25, 0.3) is 0 Å². The molecule has 0 aromatic heterocycles. The first-order chi connectivity index (χ1) is 13.9. The molecule has 0 saturated carbocycles. The average Bonchev–Trinajstić information content (AvgIpc) is 2.95. The Morgan fingerprint density at radius 2 is 1.59 bits per heavy atom. The number of rotatable bonds is 4. The monoisotopic (exact) mass is 416 g/mol. The van der Waals surface area contributed by atoms with Gasteiger partial charge in [-0.1, -0.05) is 60.1 Å². The van der Waals surface area contributed by atoms with E-state index in [4.69, 9.17) is 11.6 Å². The van der Waals surface area contributed by atoms with Crippen LogP contribution in [0.3, 0.4) is 0 Å². The van der Waals surface area contributed by atoms with Gasteiger partial charge in [0.1, 0.15) is 6.17 Å². The predicted molar refractivity (Wildman–Crippen MR) is 106 cm³/mol. The molecule has 1 aliphatic heterocycles. The molecule has 3 nitrogen and oxygen atoms in total. The fourth-order valence-corrected chi connectivity index (χ4v) is 3.70. The molecule has 0 saturated heterocycles. The number of carbonyl (C=O) groups is 1. The van der Waals surface area contributed by atoms with Crippen molar-refractivity contribution in [2.75, 3.05) is 5.32 Å². The lowest BCUT2D eigenvalue weighted by Gasteiger charge is -2.28. The summed E-state index contributed by atoms with van der Waals surface area (Å²) in [5.74, 6) is -0.262. The first-order valence-electron chi connectivity index (χ1n) is 8.92. The van der Waals surface area contributed by atoms with Crippen LogP contribution in [0.5, 0.6) is 0 Å². The van der Waals surface area contributed by atoms with Crippen LogP contribution in [0, 0.1) is 0 Å². The zero-order chi connectivity index (χ0) is 20.6. The smallest absolute Gasteiger partial charge is 0.361 e. The quantitative estimate of drug-likeness (QED) is 0.555. The summed E-state index contributed by atoms with van der Waals surface area (Å²) in [7, 11) is 0. The Morgan fingerprint density at radius 1 is 0.931 bits per heavy atom. The Balaban J connectivity index is 1.75. The summed E-state index contributed by atoms with van der Waals surface area (Å²) < 4.78 is 40.4. The summed E-state index contributed by atoms with van der Waals surface area (Å²) in [4.78, 5) is 14.5. The minimum atomic E-state index is -4.51. The van der Waals surface area contributed by atoms with Gasteiger partial charge in [-0.05, 0) is 29.8 Å². The summed E-state index contributed by atoms with van der Waals surface area (Å²) in [6, 6.07) is 19.2. The molecule has 3 aromatic rings. The summed E-state index contributed by atoms with van der Waals surface area (Å²) in [6.45, 7) is 0.166. The molecular weight excluding hydrogens is 401 g/mol. The van der Waals surface area contributed by atoms with Crippen molar-refractivity contribution in [3.05, 3.63) is 100 Å². The van der Waals surface area contributed by atoms with Gasteiger partial charge >= 0.3 is 6.18 Å². The minimum Gasteiger partial charge on any atom is -0.361 e. The molecule has 0 aliphatic carbocycles. The number of nitrogens with zero attached hydrogens (tertiary/aromatic N) is 1. The Bertz CT molecular complexity index is 1070. The van der Waals surface area contributed by atoms with E-state index in [1.807, 2.05) is 0 Å². The van der Waals surface area contributed by atoms with E-state index < -0.39 is 17.9 Å². The van der Waals surface area contributed by atoms with E-state index in [0.717, 1.165) is 6.07 Å². The van der Waals surface area contributed by atoms with E-state index in [-0.39, 0.29) is 18.1 Å². The molecule has 4 rings (SSSR count). The number of amides is 1. The largest absolute Gasteiger partial charge is 0.418 e. The average molecular weight is 417 g/mol. The number of hydrogen-bond acceptors (Lipinski definition) is 2. The van der Waals surface area contributed by atoms with Crippen molar-refractivity contribution in [3.8, 4) is 0 Å². The zero-order valence-electron chi connectivity index (χ0n) is 15.1. The number of fused-ring (bicyclic) bond motifs is 1. The first-order valence-corrected chi connectivity index (χ1v) is 9.30. The second-order valence-corrected chi connectivity index (χ2v) is 7.11. The standard InChI is InChI=1S/C22H16ClF3N2O/c23-18-11-5-1-7-14(18)13-28-20(15-8-2-3-9-16(15)21(28)29)27-19-12-6-4-10-17(19)22(24,25)26/h1-12,20,27H,13H2. The maximum atomic E-state index is 13.5. The van der Waals surface area contributed by atoms with Crippen LogP contribution in [0.4, 0.5) is 18.9 Å². The van der Waals surface area contributed by atoms with Gasteiger partial charge in [-0.15, -0.1) is 0 Å². The fourth-order valence-electron chi connectivity index (χ4n) is 3.50. The minimum absolute atomic E-state index is 0.0846. The van der Waals surface area contributed by atoms with Crippen molar-refractivity contribution in [1.82, 2.24) is 4.90 Å². The van der Waals surface area contributed by atoms with Gasteiger partial charge in [-0.25, -0.2) is 0 Å². The van der Waals surface area contributed by atoms with Crippen LogP contribution in [-0.2, 0) is 12.7 Å². The van der Waals surface area contributed by atoms with E-state index in [0.29, 0.717) is 21.7 Å².